The Kier molecular flexibility index (Phi) is 4.21. The average molecular weight is 394 g/mol. The van der Waals surface area contributed by atoms with Gasteiger partial charge in [-0.1, -0.05) is 36.4 Å². The predicted molar refractivity (Wildman–Crippen MR) is 105 cm³/mol. The fraction of sp³-hybridized carbons (Fsp3) is 0. The molecule has 0 bridgehead atoms. The van der Waals surface area contributed by atoms with Gasteiger partial charge in [0.25, 0.3) is 10.1 Å². The molecule has 140 valence electrons. The number of azo groups is 1. The number of fused-ring (bicyclic) bond motifs is 2. The first-order valence-corrected chi connectivity index (χ1v) is 9.65. The topological polar surface area (TPSA) is 120 Å². The van der Waals surface area contributed by atoms with Gasteiger partial charge in [0.05, 0.1) is 16.8 Å². The van der Waals surface area contributed by atoms with Crippen LogP contribution in [-0.2, 0) is 10.1 Å². The number of rotatable bonds is 3. The van der Waals surface area contributed by atoms with Gasteiger partial charge in [-0.2, -0.15) is 8.42 Å². The Bertz CT molecular complexity index is 1360. The van der Waals surface area contributed by atoms with Crippen molar-refractivity contribution in [2.24, 2.45) is 10.2 Å². The molecule has 0 amide bonds. The lowest BCUT2D eigenvalue weighted by atomic mass is 10.1. The molecular weight excluding hydrogens is 380 g/mol. The number of phenols is 2. The molecule has 0 spiro atoms. The first-order chi connectivity index (χ1) is 13.4. The van der Waals surface area contributed by atoms with Crippen LogP contribution in [0, 0.1) is 0 Å². The Morgan fingerprint density at radius 2 is 1.32 bits per heavy atom. The lowest BCUT2D eigenvalue weighted by Crippen LogP contribution is -1.98. The van der Waals surface area contributed by atoms with Gasteiger partial charge in [0.15, 0.2) is 0 Å². The summed E-state index contributed by atoms with van der Waals surface area (Å²) < 4.78 is 33.0. The van der Waals surface area contributed by atoms with Gasteiger partial charge < -0.3 is 10.2 Å². The first kappa shape index (κ1) is 17.9. The van der Waals surface area contributed by atoms with Crippen molar-refractivity contribution in [1.82, 2.24) is 0 Å². The Morgan fingerprint density at radius 3 is 2.04 bits per heavy atom. The summed E-state index contributed by atoms with van der Waals surface area (Å²) in [5.41, 5.74) is 0.537. The molecule has 0 aliphatic rings. The minimum atomic E-state index is -4.46. The zero-order chi connectivity index (χ0) is 19.9. The van der Waals surface area contributed by atoms with Crippen molar-refractivity contribution in [2.75, 3.05) is 0 Å². The fourth-order valence-electron chi connectivity index (χ4n) is 3.13. The van der Waals surface area contributed by atoms with Gasteiger partial charge in [0, 0.05) is 10.8 Å². The molecule has 4 aromatic carbocycles. The number of nitrogens with zero attached hydrogens (tertiary/aromatic N) is 2. The monoisotopic (exact) mass is 394 g/mol. The van der Waals surface area contributed by atoms with Gasteiger partial charge in [0.1, 0.15) is 16.4 Å². The summed E-state index contributed by atoms with van der Waals surface area (Å²) in [4.78, 5) is -0.266. The minimum Gasteiger partial charge on any atom is -0.507 e. The van der Waals surface area contributed by atoms with Crippen LogP contribution in [0.2, 0.25) is 0 Å². The van der Waals surface area contributed by atoms with Crippen LogP contribution in [0.4, 0.5) is 11.4 Å². The predicted octanol–water partition coefficient (Wildman–Crippen LogP) is 5.07. The Balaban J connectivity index is 1.94. The van der Waals surface area contributed by atoms with Crippen molar-refractivity contribution < 1.29 is 23.2 Å². The SMILES string of the molecule is O=S(=O)(O)c1cccc2cccc(N=Nc3ccc(O)c4cccc(O)c34)c12. The maximum Gasteiger partial charge on any atom is 0.295 e. The summed E-state index contributed by atoms with van der Waals surface area (Å²) >= 11 is 0. The van der Waals surface area contributed by atoms with E-state index < -0.39 is 10.1 Å². The molecule has 0 unspecified atom stereocenters. The highest BCUT2D eigenvalue weighted by atomic mass is 32.2. The largest absolute Gasteiger partial charge is 0.507 e. The fourth-order valence-corrected chi connectivity index (χ4v) is 3.86. The summed E-state index contributed by atoms with van der Waals surface area (Å²) in [6, 6.07) is 17.1. The average Bonchev–Trinajstić information content (AvgIpc) is 2.67. The van der Waals surface area contributed by atoms with E-state index in [2.05, 4.69) is 10.2 Å². The molecule has 4 aromatic rings. The molecule has 8 heteroatoms. The van der Waals surface area contributed by atoms with E-state index in [9.17, 15) is 23.2 Å². The van der Waals surface area contributed by atoms with Gasteiger partial charge >= 0.3 is 0 Å². The van der Waals surface area contributed by atoms with Crippen molar-refractivity contribution in [3.63, 3.8) is 0 Å². The van der Waals surface area contributed by atoms with E-state index in [4.69, 9.17) is 0 Å². The molecule has 0 aliphatic carbocycles. The van der Waals surface area contributed by atoms with Crippen molar-refractivity contribution in [1.29, 1.82) is 0 Å². The van der Waals surface area contributed by atoms with Gasteiger partial charge in [-0.3, -0.25) is 4.55 Å². The van der Waals surface area contributed by atoms with Gasteiger partial charge in [0.2, 0.25) is 0 Å². The highest BCUT2D eigenvalue weighted by Gasteiger charge is 2.16. The van der Waals surface area contributed by atoms with Crippen LogP contribution in [0.1, 0.15) is 0 Å². The number of hydrogen-bond acceptors (Lipinski definition) is 6. The molecule has 0 saturated heterocycles. The molecule has 0 aliphatic heterocycles. The van der Waals surface area contributed by atoms with Crippen LogP contribution < -0.4 is 0 Å². The second kappa shape index (κ2) is 6.59. The van der Waals surface area contributed by atoms with Crippen molar-refractivity contribution in [3.8, 4) is 11.5 Å². The van der Waals surface area contributed by atoms with Crippen LogP contribution in [0.15, 0.2) is 81.9 Å². The number of phenolic OH excluding ortho intramolecular Hbond substituents is 2. The highest BCUT2D eigenvalue weighted by Crippen LogP contribution is 2.39. The quantitative estimate of drug-likeness (QED) is 0.331. The highest BCUT2D eigenvalue weighted by molar-refractivity contribution is 7.86. The van der Waals surface area contributed by atoms with Gasteiger partial charge in [-0.25, -0.2) is 0 Å². The zero-order valence-corrected chi connectivity index (χ0v) is 15.1. The maximum atomic E-state index is 11.8. The van der Waals surface area contributed by atoms with E-state index in [1.807, 2.05) is 0 Å². The molecule has 3 N–H and O–H groups in total. The molecule has 0 heterocycles. The second-order valence-corrected chi connectivity index (χ2v) is 7.50. The Labute approximate surface area is 160 Å². The van der Waals surface area contributed by atoms with Crippen molar-refractivity contribution in [3.05, 3.63) is 66.7 Å². The van der Waals surface area contributed by atoms with E-state index in [0.717, 1.165) is 0 Å². The third kappa shape index (κ3) is 3.04. The number of hydrogen-bond donors (Lipinski definition) is 3. The van der Waals surface area contributed by atoms with Crippen molar-refractivity contribution >= 4 is 43.0 Å². The van der Waals surface area contributed by atoms with Crippen LogP contribution in [0.5, 0.6) is 11.5 Å². The molecule has 4 rings (SSSR count). The van der Waals surface area contributed by atoms with Crippen LogP contribution in [0.25, 0.3) is 21.5 Å². The van der Waals surface area contributed by atoms with Crippen molar-refractivity contribution in [2.45, 2.75) is 4.90 Å². The van der Waals surface area contributed by atoms with E-state index in [1.54, 1.807) is 36.4 Å². The first-order valence-electron chi connectivity index (χ1n) is 8.21. The van der Waals surface area contributed by atoms with E-state index in [0.29, 0.717) is 21.8 Å². The Morgan fingerprint density at radius 1 is 0.679 bits per heavy atom. The molecule has 0 fully saturated rings. The van der Waals surface area contributed by atoms with Gasteiger partial charge in [-0.15, -0.1) is 10.2 Å². The summed E-state index contributed by atoms with van der Waals surface area (Å²) in [5, 5.41) is 30.0. The van der Waals surface area contributed by atoms with Crippen LogP contribution >= 0.6 is 0 Å². The van der Waals surface area contributed by atoms with Crippen LogP contribution in [-0.4, -0.2) is 23.2 Å². The number of aromatic hydroxyl groups is 2. The maximum absolute atomic E-state index is 11.8. The molecular formula is C20H14N2O5S. The summed E-state index contributed by atoms with van der Waals surface area (Å²) in [5.74, 6) is -0.0810. The number of benzene rings is 4. The molecule has 0 radical (unpaired) electrons. The molecule has 0 saturated carbocycles. The summed E-state index contributed by atoms with van der Waals surface area (Å²) in [6.45, 7) is 0. The summed E-state index contributed by atoms with van der Waals surface area (Å²) in [6.07, 6.45) is 0. The van der Waals surface area contributed by atoms with E-state index in [-0.39, 0.29) is 27.5 Å². The lowest BCUT2D eigenvalue weighted by molar-refractivity contribution is 0.475. The lowest BCUT2D eigenvalue weighted by Gasteiger charge is -2.07. The second-order valence-electron chi connectivity index (χ2n) is 6.11. The molecule has 0 atom stereocenters. The normalized spacial score (nSPS) is 12.2. The molecule has 28 heavy (non-hydrogen) atoms. The molecule has 0 aromatic heterocycles. The Hall–Kier alpha value is -3.49. The smallest absolute Gasteiger partial charge is 0.295 e. The third-order valence-electron chi connectivity index (χ3n) is 4.36. The van der Waals surface area contributed by atoms with Crippen LogP contribution in [0.3, 0.4) is 0 Å². The van der Waals surface area contributed by atoms with E-state index in [1.165, 1.54) is 30.3 Å². The third-order valence-corrected chi connectivity index (χ3v) is 5.26. The standard InChI is InChI=1S/C20H14N2O5S/c23-16-11-10-15(20-13(16)6-3-8-17(20)24)22-21-14-7-1-4-12-5-2-9-18(19(12)14)28(25,26)27/h1-11,23-24H,(H,25,26,27). The van der Waals surface area contributed by atoms with E-state index >= 15 is 0 Å². The zero-order valence-electron chi connectivity index (χ0n) is 14.3. The molecule has 7 nitrogen and oxygen atoms in total. The summed E-state index contributed by atoms with van der Waals surface area (Å²) in [7, 11) is -4.46. The van der Waals surface area contributed by atoms with Gasteiger partial charge in [-0.05, 0) is 35.7 Å². The minimum absolute atomic E-state index is 0.0105.